The molecule has 0 spiro atoms. The molecule has 0 bridgehead atoms. The Morgan fingerprint density at radius 3 is 2.75 bits per heavy atom. The number of aromatic nitrogens is 2. The number of β-lactam (4-membered cyclic amide) rings is 1. The molecular formula is C23H21FN4O6S2. The summed E-state index contributed by atoms with van der Waals surface area (Å²) < 4.78 is 20.2. The van der Waals surface area contributed by atoms with Gasteiger partial charge in [-0.15, -0.1) is 11.3 Å². The van der Waals surface area contributed by atoms with Gasteiger partial charge in [-0.25, -0.2) is 14.2 Å². The number of carbonyl (C=O) groups is 2. The number of hydrogen-bond acceptors (Lipinski definition) is 9. The molecule has 1 fully saturated rings. The number of hydrogen-bond donors (Lipinski definition) is 1. The van der Waals surface area contributed by atoms with Crippen LogP contribution in [0.4, 0.5) is 10.1 Å². The van der Waals surface area contributed by atoms with Crippen LogP contribution in [-0.2, 0) is 20.9 Å². The Kier molecular flexibility index (Phi) is 6.30. The molecule has 188 valence electrons. The summed E-state index contributed by atoms with van der Waals surface area (Å²) in [6.45, 7) is 3.32. The third-order valence-corrected chi connectivity index (χ3v) is 8.47. The summed E-state index contributed by atoms with van der Waals surface area (Å²) in [4.78, 5) is 43.7. The lowest BCUT2D eigenvalue weighted by Gasteiger charge is -2.46. The minimum Gasteiger partial charge on any atom is -0.456 e. The number of benzene rings is 1. The van der Waals surface area contributed by atoms with Gasteiger partial charge in [0.15, 0.2) is 0 Å². The third kappa shape index (κ3) is 3.87. The van der Waals surface area contributed by atoms with E-state index in [-0.39, 0.29) is 29.8 Å². The number of non-ortho nitro benzene ring substituents is 1. The van der Waals surface area contributed by atoms with Crippen molar-refractivity contribution in [2.75, 3.05) is 6.01 Å². The summed E-state index contributed by atoms with van der Waals surface area (Å²) in [5, 5.41) is 21.6. The Labute approximate surface area is 212 Å². The SMILES string of the molecule is C[C@@H](O)[C@H]1C(=O)N2C(C(=O)OCc3ccc([N+](=O)[O-])cc3)=C(c3cn4cnc(SCF)c4s3)[C@H](C)[C@H]12. The molecule has 0 radical (unpaired) electrons. The van der Waals surface area contributed by atoms with E-state index in [1.807, 2.05) is 6.92 Å². The molecule has 0 unspecified atom stereocenters. The van der Waals surface area contributed by atoms with Crippen LogP contribution < -0.4 is 0 Å². The highest BCUT2D eigenvalue weighted by Gasteiger charge is 2.60. The second-order valence-electron chi connectivity index (χ2n) is 8.63. The number of aliphatic hydroxyl groups is 1. The highest BCUT2D eigenvalue weighted by atomic mass is 32.2. The predicted molar refractivity (Wildman–Crippen MR) is 130 cm³/mol. The zero-order valence-corrected chi connectivity index (χ0v) is 20.8. The van der Waals surface area contributed by atoms with Crippen molar-refractivity contribution in [1.82, 2.24) is 14.3 Å². The lowest BCUT2D eigenvalue weighted by molar-refractivity contribution is -0.384. The lowest BCUT2D eigenvalue weighted by atomic mass is 9.77. The van der Waals surface area contributed by atoms with E-state index in [1.54, 1.807) is 23.8 Å². The average Bonchev–Trinajstić information content (AvgIpc) is 3.48. The second-order valence-corrected chi connectivity index (χ2v) is 10.6. The molecule has 2 aliphatic heterocycles. The Morgan fingerprint density at radius 2 is 2.11 bits per heavy atom. The Bertz CT molecular complexity index is 1400. The van der Waals surface area contributed by atoms with Crippen molar-refractivity contribution >= 4 is 51.1 Å². The fourth-order valence-corrected chi connectivity index (χ4v) is 6.74. The fraction of sp³-hybridized carbons (Fsp3) is 0.348. The van der Waals surface area contributed by atoms with Crippen LogP contribution >= 0.6 is 23.1 Å². The summed E-state index contributed by atoms with van der Waals surface area (Å²) in [7, 11) is 0. The maximum atomic E-state index is 13.3. The molecule has 0 saturated carbocycles. The van der Waals surface area contributed by atoms with Crippen LogP contribution in [0.15, 0.2) is 47.5 Å². The number of nitro benzene ring substituents is 1. The molecule has 1 saturated heterocycles. The Morgan fingerprint density at radius 1 is 1.39 bits per heavy atom. The van der Waals surface area contributed by atoms with Crippen LogP contribution in [0.5, 0.6) is 0 Å². The summed E-state index contributed by atoms with van der Waals surface area (Å²) >= 11 is 2.30. The fourth-order valence-electron chi connectivity index (χ4n) is 4.87. The van der Waals surface area contributed by atoms with Gasteiger partial charge in [-0.05, 0) is 24.6 Å². The smallest absolute Gasteiger partial charge is 0.355 e. The number of nitrogens with zero attached hydrogens (tertiary/aromatic N) is 4. The van der Waals surface area contributed by atoms with Crippen molar-refractivity contribution in [2.24, 2.45) is 11.8 Å². The van der Waals surface area contributed by atoms with E-state index in [9.17, 15) is 29.2 Å². The van der Waals surface area contributed by atoms with Gasteiger partial charge in [0, 0.05) is 29.8 Å². The minimum absolute atomic E-state index is 0.0771. The molecule has 4 atom stereocenters. The molecule has 4 heterocycles. The summed E-state index contributed by atoms with van der Waals surface area (Å²) in [5.41, 5.74) is 1.22. The molecule has 2 aliphatic rings. The standard InChI is InChI=1S/C23H21FN4O6S2/c1-11-16(15-7-26-10-25-20(35-9-24)22(26)36-15)19(27-18(11)17(12(2)29)21(27)30)23(31)34-8-13-3-5-14(6-4-13)28(32)33/h3-7,10-12,17-18,29H,8-9H2,1-2H3/t11-,12+,17+,18+/m0/s1. The first-order valence-electron chi connectivity index (χ1n) is 11.0. The molecule has 36 heavy (non-hydrogen) atoms. The highest BCUT2D eigenvalue weighted by Crippen LogP contribution is 2.52. The number of nitro groups is 1. The maximum Gasteiger partial charge on any atom is 0.355 e. The lowest BCUT2D eigenvalue weighted by Crippen LogP contribution is -2.63. The van der Waals surface area contributed by atoms with E-state index in [0.29, 0.717) is 16.2 Å². The van der Waals surface area contributed by atoms with Gasteiger partial charge in [0.2, 0.25) is 5.91 Å². The van der Waals surface area contributed by atoms with Crippen molar-refractivity contribution in [3.63, 3.8) is 0 Å². The number of aliphatic hydroxyl groups excluding tert-OH is 1. The zero-order valence-electron chi connectivity index (χ0n) is 19.2. The first kappa shape index (κ1) is 24.4. The van der Waals surface area contributed by atoms with E-state index in [4.69, 9.17) is 4.74 Å². The molecule has 1 aromatic carbocycles. The quantitative estimate of drug-likeness (QED) is 0.153. The number of halogens is 1. The van der Waals surface area contributed by atoms with Crippen LogP contribution in [0.25, 0.3) is 10.4 Å². The van der Waals surface area contributed by atoms with Crippen molar-refractivity contribution in [3.8, 4) is 0 Å². The van der Waals surface area contributed by atoms with Crippen LogP contribution in [0.1, 0.15) is 24.3 Å². The van der Waals surface area contributed by atoms with E-state index >= 15 is 0 Å². The number of esters is 1. The normalized spacial score (nSPS) is 22.1. The zero-order chi connectivity index (χ0) is 25.7. The molecule has 2 aromatic heterocycles. The van der Waals surface area contributed by atoms with Gasteiger partial charge in [-0.1, -0.05) is 18.7 Å². The van der Waals surface area contributed by atoms with Crippen LogP contribution in [0.3, 0.4) is 0 Å². The first-order chi connectivity index (χ1) is 17.2. The molecule has 3 aromatic rings. The van der Waals surface area contributed by atoms with Crippen molar-refractivity contribution < 1.29 is 28.7 Å². The first-order valence-corrected chi connectivity index (χ1v) is 12.8. The monoisotopic (exact) mass is 532 g/mol. The number of rotatable bonds is 8. The number of amides is 1. The average molecular weight is 533 g/mol. The van der Waals surface area contributed by atoms with Gasteiger partial charge >= 0.3 is 5.97 Å². The predicted octanol–water partition coefficient (Wildman–Crippen LogP) is 3.64. The number of fused-ring (bicyclic) bond motifs is 2. The number of thioether (sulfide) groups is 1. The summed E-state index contributed by atoms with van der Waals surface area (Å²) in [6.07, 6.45) is 2.48. The molecule has 13 heteroatoms. The number of imidazole rings is 1. The van der Waals surface area contributed by atoms with Gasteiger partial charge in [-0.2, -0.15) is 0 Å². The van der Waals surface area contributed by atoms with Gasteiger partial charge < -0.3 is 14.7 Å². The van der Waals surface area contributed by atoms with E-state index in [2.05, 4.69) is 4.98 Å². The van der Waals surface area contributed by atoms with Gasteiger partial charge in [0.25, 0.3) is 5.69 Å². The number of ether oxygens (including phenoxy) is 1. The highest BCUT2D eigenvalue weighted by molar-refractivity contribution is 7.99. The summed E-state index contributed by atoms with van der Waals surface area (Å²) in [6, 6.07) is 4.62. The summed E-state index contributed by atoms with van der Waals surface area (Å²) in [5.74, 6) is -1.96. The number of thiazole rings is 1. The van der Waals surface area contributed by atoms with Gasteiger partial charge in [0.05, 0.1) is 27.9 Å². The van der Waals surface area contributed by atoms with Crippen molar-refractivity contribution in [2.45, 2.75) is 37.6 Å². The maximum absolute atomic E-state index is 13.3. The van der Waals surface area contributed by atoms with E-state index in [1.165, 1.54) is 40.5 Å². The molecular weight excluding hydrogens is 511 g/mol. The minimum atomic E-state index is -0.881. The van der Waals surface area contributed by atoms with Crippen LogP contribution in [0.2, 0.25) is 0 Å². The molecule has 10 nitrogen and oxygen atoms in total. The van der Waals surface area contributed by atoms with E-state index in [0.717, 1.165) is 21.5 Å². The third-order valence-electron chi connectivity index (χ3n) is 6.52. The molecule has 1 N–H and O–H groups in total. The number of carbonyl (C=O) groups excluding carboxylic acids is 2. The molecule has 1 amide bonds. The number of alkyl halides is 1. The largest absolute Gasteiger partial charge is 0.456 e. The Hall–Kier alpha value is -3.29. The van der Waals surface area contributed by atoms with Gasteiger partial charge in [-0.3, -0.25) is 19.3 Å². The molecule has 0 aliphatic carbocycles. The van der Waals surface area contributed by atoms with Crippen LogP contribution in [-0.4, -0.2) is 54.3 Å². The molecule has 5 rings (SSSR count). The van der Waals surface area contributed by atoms with Crippen molar-refractivity contribution in [1.29, 1.82) is 0 Å². The van der Waals surface area contributed by atoms with E-state index < -0.39 is 35.0 Å². The topological polar surface area (TPSA) is 127 Å². The van der Waals surface area contributed by atoms with Gasteiger partial charge in [0.1, 0.15) is 34.5 Å². The van der Waals surface area contributed by atoms with Crippen LogP contribution in [0, 0.1) is 22.0 Å². The Balaban J connectivity index is 1.49. The second kappa shape index (κ2) is 9.30. The van der Waals surface area contributed by atoms with Crippen molar-refractivity contribution in [3.05, 3.63) is 63.0 Å².